The Morgan fingerprint density at radius 2 is 1.76 bits per heavy atom. The van der Waals surface area contributed by atoms with Gasteiger partial charge in [0.05, 0.1) is 23.4 Å². The quantitative estimate of drug-likeness (QED) is 0.240. The maximum absolute atomic E-state index is 12.1. The zero-order valence-corrected chi connectivity index (χ0v) is 20.5. The first-order valence-corrected chi connectivity index (χ1v) is 11.1. The molecule has 0 saturated heterocycles. The summed E-state index contributed by atoms with van der Waals surface area (Å²) < 4.78 is 11.3. The van der Waals surface area contributed by atoms with Crippen LogP contribution in [0.4, 0.5) is 5.69 Å². The number of carbonyl (C=O) groups excluding carboxylic acids is 2. The first-order valence-electron chi connectivity index (χ1n) is 9.92. The number of halogens is 3. The highest BCUT2D eigenvalue weighted by Gasteiger charge is 2.14. The zero-order valence-electron chi connectivity index (χ0n) is 18.2. The Bertz CT molecular complexity index is 1250. The van der Waals surface area contributed by atoms with Gasteiger partial charge in [-0.25, -0.2) is 5.43 Å². The summed E-state index contributed by atoms with van der Waals surface area (Å²) in [6.07, 6.45) is 1.35. The minimum atomic E-state index is -0.950. The van der Waals surface area contributed by atoms with E-state index in [9.17, 15) is 9.59 Å². The fourth-order valence-corrected chi connectivity index (χ4v) is 3.31. The molecule has 0 atom stereocenters. The second-order valence-electron chi connectivity index (χ2n) is 7.03. The summed E-state index contributed by atoms with van der Waals surface area (Å²) in [4.78, 5) is 24.2. The summed E-state index contributed by atoms with van der Waals surface area (Å²) in [5, 5.41) is 7.66. The van der Waals surface area contributed by atoms with Crippen LogP contribution in [0.15, 0.2) is 59.7 Å². The molecule has 3 aromatic carbocycles. The van der Waals surface area contributed by atoms with Crippen molar-refractivity contribution in [2.24, 2.45) is 5.10 Å². The van der Waals surface area contributed by atoms with Gasteiger partial charge in [0, 0.05) is 16.3 Å². The van der Waals surface area contributed by atoms with Gasteiger partial charge in [-0.05, 0) is 54.4 Å². The summed E-state index contributed by atoms with van der Waals surface area (Å²) in [6.45, 7) is 2.02. The number of carbonyl (C=O) groups is 2. The summed E-state index contributed by atoms with van der Waals surface area (Å²) in [7, 11) is 1.51. The van der Waals surface area contributed by atoms with E-state index in [1.807, 2.05) is 6.92 Å². The summed E-state index contributed by atoms with van der Waals surface area (Å²) in [5.41, 5.74) is 4.75. The van der Waals surface area contributed by atoms with E-state index < -0.39 is 11.8 Å². The van der Waals surface area contributed by atoms with Gasteiger partial charge in [-0.2, -0.15) is 5.10 Å². The van der Waals surface area contributed by atoms with E-state index in [1.54, 1.807) is 54.6 Å². The van der Waals surface area contributed by atoms with Crippen LogP contribution in [-0.4, -0.2) is 25.1 Å². The molecule has 0 aromatic heterocycles. The monoisotopic (exact) mass is 519 g/mol. The molecule has 0 radical (unpaired) electrons. The van der Waals surface area contributed by atoms with E-state index in [1.165, 1.54) is 13.3 Å². The molecular weight excluding hydrogens is 501 g/mol. The molecule has 34 heavy (non-hydrogen) atoms. The van der Waals surface area contributed by atoms with E-state index in [0.29, 0.717) is 37.8 Å². The summed E-state index contributed by atoms with van der Waals surface area (Å²) in [5.74, 6) is -0.981. The maximum atomic E-state index is 12.1. The van der Waals surface area contributed by atoms with Gasteiger partial charge in [-0.15, -0.1) is 0 Å². The lowest BCUT2D eigenvalue weighted by atomic mass is 10.2. The SMILES string of the molecule is COc1cccc(/C=N\NC(=O)C(=O)Nc2ccc(C)c(Cl)c2)c1OCc1ccc(Cl)c(Cl)c1. The Hall–Kier alpha value is -3.26. The number of anilines is 1. The first-order chi connectivity index (χ1) is 16.3. The molecular formula is C24H20Cl3N3O4. The molecule has 0 unspecified atom stereocenters. The third kappa shape index (κ3) is 6.63. The molecule has 2 N–H and O–H groups in total. The molecule has 176 valence electrons. The third-order valence-corrected chi connectivity index (χ3v) is 5.75. The van der Waals surface area contributed by atoms with Crippen LogP contribution in [0.3, 0.4) is 0 Å². The van der Waals surface area contributed by atoms with Gasteiger partial charge in [0.1, 0.15) is 6.61 Å². The number of nitrogens with zero attached hydrogens (tertiary/aromatic N) is 1. The molecule has 0 aliphatic heterocycles. The Balaban J connectivity index is 1.67. The molecule has 3 aromatic rings. The molecule has 0 spiro atoms. The van der Waals surface area contributed by atoms with E-state index in [4.69, 9.17) is 44.3 Å². The van der Waals surface area contributed by atoms with E-state index in [-0.39, 0.29) is 6.61 Å². The molecule has 0 saturated carbocycles. The van der Waals surface area contributed by atoms with Crippen LogP contribution in [0.25, 0.3) is 0 Å². The average molecular weight is 521 g/mol. The first kappa shape index (κ1) is 25.4. The number of rotatable bonds is 7. The van der Waals surface area contributed by atoms with Gasteiger partial charge in [0.25, 0.3) is 0 Å². The molecule has 0 bridgehead atoms. The lowest BCUT2D eigenvalue weighted by Gasteiger charge is -2.13. The van der Waals surface area contributed by atoms with Crippen LogP contribution in [0.2, 0.25) is 15.1 Å². The van der Waals surface area contributed by atoms with Crippen molar-refractivity contribution in [3.8, 4) is 11.5 Å². The smallest absolute Gasteiger partial charge is 0.329 e. The second-order valence-corrected chi connectivity index (χ2v) is 8.25. The summed E-state index contributed by atoms with van der Waals surface area (Å²) >= 11 is 18.1. The van der Waals surface area contributed by atoms with Crippen LogP contribution in [0.5, 0.6) is 11.5 Å². The van der Waals surface area contributed by atoms with Crippen molar-refractivity contribution in [1.29, 1.82) is 0 Å². The maximum Gasteiger partial charge on any atom is 0.329 e. The van der Waals surface area contributed by atoms with Gasteiger partial charge >= 0.3 is 11.8 Å². The van der Waals surface area contributed by atoms with Crippen LogP contribution < -0.4 is 20.2 Å². The number of hydrazone groups is 1. The molecule has 0 fully saturated rings. The predicted molar refractivity (Wildman–Crippen MR) is 134 cm³/mol. The highest BCUT2D eigenvalue weighted by molar-refractivity contribution is 6.42. The number of benzene rings is 3. The van der Waals surface area contributed by atoms with Crippen LogP contribution >= 0.6 is 34.8 Å². The molecule has 0 aliphatic rings. The Morgan fingerprint density at radius 1 is 0.971 bits per heavy atom. The van der Waals surface area contributed by atoms with Gasteiger partial charge in [-0.3, -0.25) is 9.59 Å². The standard InChI is InChI=1S/C24H20Cl3N3O4/c1-14-6-8-17(11-19(14)26)29-23(31)24(32)30-28-12-16-4-3-5-21(33-2)22(16)34-13-15-7-9-18(25)20(27)10-15/h3-12H,13H2,1-2H3,(H,29,31)(H,30,32)/b28-12-. The fraction of sp³-hybridized carbons (Fsp3) is 0.125. The number of amides is 2. The highest BCUT2D eigenvalue weighted by Crippen LogP contribution is 2.31. The highest BCUT2D eigenvalue weighted by atomic mass is 35.5. The lowest BCUT2D eigenvalue weighted by Crippen LogP contribution is -2.32. The second kappa shape index (κ2) is 11.7. The molecule has 10 heteroatoms. The number of aryl methyl sites for hydroxylation is 1. The fourth-order valence-electron chi connectivity index (χ4n) is 2.80. The Morgan fingerprint density at radius 3 is 2.47 bits per heavy atom. The number of hydrogen-bond donors (Lipinski definition) is 2. The molecule has 0 heterocycles. The summed E-state index contributed by atoms with van der Waals surface area (Å²) in [6, 6.07) is 15.3. The molecule has 3 rings (SSSR count). The third-order valence-electron chi connectivity index (χ3n) is 4.60. The van der Waals surface area contributed by atoms with Gasteiger partial charge in [-0.1, -0.05) is 53.0 Å². The Kier molecular flexibility index (Phi) is 8.76. The van der Waals surface area contributed by atoms with Gasteiger partial charge in [0.2, 0.25) is 0 Å². The minimum absolute atomic E-state index is 0.186. The number of hydrogen-bond acceptors (Lipinski definition) is 5. The number of para-hydroxylation sites is 1. The van der Waals surface area contributed by atoms with Crippen molar-refractivity contribution in [2.75, 3.05) is 12.4 Å². The van der Waals surface area contributed by atoms with Crippen molar-refractivity contribution < 1.29 is 19.1 Å². The molecule has 7 nitrogen and oxygen atoms in total. The normalized spacial score (nSPS) is 10.7. The molecule has 2 amide bonds. The Labute approximate surface area is 211 Å². The predicted octanol–water partition coefficient (Wildman–Crippen LogP) is 5.63. The largest absolute Gasteiger partial charge is 0.493 e. The number of nitrogens with one attached hydrogen (secondary N) is 2. The van der Waals surface area contributed by atoms with Crippen molar-refractivity contribution in [1.82, 2.24) is 5.43 Å². The minimum Gasteiger partial charge on any atom is -0.493 e. The van der Waals surface area contributed by atoms with Gasteiger partial charge in [0.15, 0.2) is 11.5 Å². The number of methoxy groups -OCH3 is 1. The van der Waals surface area contributed by atoms with Crippen molar-refractivity contribution in [3.63, 3.8) is 0 Å². The molecule has 0 aliphatic carbocycles. The van der Waals surface area contributed by atoms with Crippen LogP contribution in [0, 0.1) is 6.92 Å². The zero-order chi connectivity index (χ0) is 24.7. The van der Waals surface area contributed by atoms with E-state index >= 15 is 0 Å². The topological polar surface area (TPSA) is 89.0 Å². The van der Waals surface area contributed by atoms with E-state index in [0.717, 1.165) is 11.1 Å². The van der Waals surface area contributed by atoms with Crippen molar-refractivity contribution in [2.45, 2.75) is 13.5 Å². The number of ether oxygens (including phenoxy) is 2. The average Bonchev–Trinajstić information content (AvgIpc) is 2.82. The van der Waals surface area contributed by atoms with Crippen molar-refractivity contribution in [3.05, 3.63) is 86.4 Å². The van der Waals surface area contributed by atoms with E-state index in [2.05, 4.69) is 15.8 Å². The van der Waals surface area contributed by atoms with Crippen LogP contribution in [-0.2, 0) is 16.2 Å². The van der Waals surface area contributed by atoms with Crippen LogP contribution in [0.1, 0.15) is 16.7 Å². The van der Waals surface area contributed by atoms with Gasteiger partial charge < -0.3 is 14.8 Å². The van der Waals surface area contributed by atoms with Crippen molar-refractivity contribution >= 4 is 58.5 Å². The lowest BCUT2D eigenvalue weighted by molar-refractivity contribution is -0.136.